The van der Waals surface area contributed by atoms with Crippen molar-refractivity contribution in [2.24, 2.45) is 0 Å². The number of sulfonamides is 1. The fourth-order valence-electron chi connectivity index (χ4n) is 4.21. The number of unbranched alkanes of at least 4 members (excludes halogenated alkanes) is 1. The van der Waals surface area contributed by atoms with E-state index in [0.717, 1.165) is 32.5 Å². The Hall–Kier alpha value is -1.48. The van der Waals surface area contributed by atoms with E-state index in [2.05, 4.69) is 17.1 Å². The molecule has 2 unspecified atom stereocenters. The summed E-state index contributed by atoms with van der Waals surface area (Å²) in [7, 11) is -3.60. The lowest BCUT2D eigenvalue weighted by Gasteiger charge is -2.34. The molecule has 1 aromatic rings. The standard InChI is InChI=1S/C22H35N3O4S/c1-4-5-12-24-13-10-20(11-14-24)23-22(26)19-6-8-21(9-7-19)30(27,28)25-15-17(2)29-18(3)16-25/h6-9,17-18,20H,4-5,10-16H2,1-3H3,(H,23,26). The Bertz CT molecular complexity index is 794. The third-order valence-corrected chi connectivity index (χ3v) is 7.74. The van der Waals surface area contributed by atoms with Crippen molar-refractivity contribution in [3.8, 4) is 0 Å². The molecule has 8 heteroatoms. The van der Waals surface area contributed by atoms with Gasteiger partial charge in [0.25, 0.3) is 5.91 Å². The van der Waals surface area contributed by atoms with E-state index < -0.39 is 10.0 Å². The van der Waals surface area contributed by atoms with Crippen LogP contribution in [0.25, 0.3) is 0 Å². The molecule has 1 amide bonds. The minimum atomic E-state index is -3.60. The molecule has 0 saturated carbocycles. The third-order valence-electron chi connectivity index (χ3n) is 5.89. The maximum atomic E-state index is 12.9. The summed E-state index contributed by atoms with van der Waals surface area (Å²) < 4.78 is 33.0. The van der Waals surface area contributed by atoms with Crippen LogP contribution in [0.5, 0.6) is 0 Å². The highest BCUT2D eigenvalue weighted by atomic mass is 32.2. The third kappa shape index (κ3) is 5.81. The first-order valence-corrected chi connectivity index (χ1v) is 12.5. The number of amides is 1. The Labute approximate surface area is 180 Å². The van der Waals surface area contributed by atoms with E-state index in [1.54, 1.807) is 12.1 Å². The van der Waals surface area contributed by atoms with Crippen LogP contribution in [0.1, 0.15) is 56.8 Å². The molecule has 2 saturated heterocycles. The van der Waals surface area contributed by atoms with E-state index in [1.807, 2.05) is 13.8 Å². The largest absolute Gasteiger partial charge is 0.373 e. The van der Waals surface area contributed by atoms with Gasteiger partial charge >= 0.3 is 0 Å². The summed E-state index contributed by atoms with van der Waals surface area (Å²) in [5.74, 6) is -0.139. The molecule has 7 nitrogen and oxygen atoms in total. The van der Waals surface area contributed by atoms with Crippen LogP contribution in [-0.4, -0.2) is 74.5 Å². The summed E-state index contributed by atoms with van der Waals surface area (Å²) >= 11 is 0. The van der Waals surface area contributed by atoms with Gasteiger partial charge in [0.05, 0.1) is 17.1 Å². The van der Waals surface area contributed by atoms with Crippen molar-refractivity contribution in [2.45, 2.75) is 69.6 Å². The smallest absolute Gasteiger partial charge is 0.251 e. The van der Waals surface area contributed by atoms with Crippen LogP contribution in [0.2, 0.25) is 0 Å². The lowest BCUT2D eigenvalue weighted by Crippen LogP contribution is -2.48. The SMILES string of the molecule is CCCCN1CCC(NC(=O)c2ccc(S(=O)(=O)N3CC(C)OC(C)C3)cc2)CC1. The number of likely N-dealkylation sites (tertiary alicyclic amines) is 1. The van der Waals surface area contributed by atoms with E-state index in [-0.39, 0.29) is 29.1 Å². The number of hydrogen-bond acceptors (Lipinski definition) is 5. The molecule has 30 heavy (non-hydrogen) atoms. The molecule has 1 aromatic carbocycles. The summed E-state index contributed by atoms with van der Waals surface area (Å²) in [5, 5.41) is 3.10. The first-order chi connectivity index (χ1) is 14.3. The summed E-state index contributed by atoms with van der Waals surface area (Å²) in [4.78, 5) is 15.3. The topological polar surface area (TPSA) is 79.0 Å². The molecular weight excluding hydrogens is 402 g/mol. The molecule has 2 atom stereocenters. The predicted molar refractivity (Wildman–Crippen MR) is 117 cm³/mol. The van der Waals surface area contributed by atoms with Gasteiger partial charge in [-0.05, 0) is 63.9 Å². The van der Waals surface area contributed by atoms with Crippen LogP contribution >= 0.6 is 0 Å². The summed E-state index contributed by atoms with van der Waals surface area (Å²) in [6, 6.07) is 6.44. The molecule has 2 fully saturated rings. The van der Waals surface area contributed by atoms with Crippen LogP contribution < -0.4 is 5.32 Å². The van der Waals surface area contributed by atoms with Crippen molar-refractivity contribution in [1.29, 1.82) is 0 Å². The number of nitrogens with zero attached hydrogens (tertiary/aromatic N) is 2. The molecule has 0 spiro atoms. The lowest BCUT2D eigenvalue weighted by molar-refractivity contribution is -0.0440. The number of morpholine rings is 1. The highest BCUT2D eigenvalue weighted by Crippen LogP contribution is 2.21. The van der Waals surface area contributed by atoms with Crippen molar-refractivity contribution >= 4 is 15.9 Å². The van der Waals surface area contributed by atoms with E-state index >= 15 is 0 Å². The number of carbonyl (C=O) groups excluding carboxylic acids is 1. The van der Waals surface area contributed by atoms with Gasteiger partial charge in [-0.3, -0.25) is 4.79 Å². The molecule has 0 aliphatic carbocycles. The first kappa shape index (κ1) is 23.2. The molecular formula is C22H35N3O4S. The summed E-state index contributed by atoms with van der Waals surface area (Å²) in [5.41, 5.74) is 0.492. The lowest BCUT2D eigenvalue weighted by atomic mass is 10.0. The maximum Gasteiger partial charge on any atom is 0.251 e. The molecule has 2 aliphatic heterocycles. The van der Waals surface area contributed by atoms with Crippen LogP contribution in [0.3, 0.4) is 0 Å². The Morgan fingerprint density at radius 3 is 2.27 bits per heavy atom. The van der Waals surface area contributed by atoms with E-state index in [4.69, 9.17) is 4.74 Å². The number of nitrogens with one attached hydrogen (secondary N) is 1. The number of carbonyl (C=O) groups is 1. The van der Waals surface area contributed by atoms with Gasteiger partial charge in [0.2, 0.25) is 10.0 Å². The minimum absolute atomic E-state index is 0.137. The van der Waals surface area contributed by atoms with Gasteiger partial charge < -0.3 is 15.0 Å². The fourth-order valence-corrected chi connectivity index (χ4v) is 5.80. The monoisotopic (exact) mass is 437 g/mol. The number of hydrogen-bond donors (Lipinski definition) is 1. The molecule has 0 radical (unpaired) electrons. The number of benzene rings is 1. The van der Waals surface area contributed by atoms with Crippen molar-refractivity contribution in [2.75, 3.05) is 32.7 Å². The second-order valence-corrected chi connectivity index (χ2v) is 10.5. The predicted octanol–water partition coefficient (Wildman–Crippen LogP) is 2.48. The van der Waals surface area contributed by atoms with Crippen molar-refractivity contribution < 1.29 is 17.9 Å². The van der Waals surface area contributed by atoms with Crippen molar-refractivity contribution in [3.05, 3.63) is 29.8 Å². The zero-order valence-electron chi connectivity index (χ0n) is 18.3. The quantitative estimate of drug-likeness (QED) is 0.709. The summed E-state index contributed by atoms with van der Waals surface area (Å²) in [6.07, 6.45) is 4.05. The average molecular weight is 438 g/mol. The van der Waals surface area contributed by atoms with E-state index in [0.29, 0.717) is 18.7 Å². The normalized spacial score (nSPS) is 24.6. The molecule has 0 aromatic heterocycles. The molecule has 3 rings (SSSR count). The number of rotatable bonds is 7. The molecule has 168 valence electrons. The highest BCUT2D eigenvalue weighted by Gasteiger charge is 2.32. The van der Waals surface area contributed by atoms with Gasteiger partial charge in [-0.25, -0.2) is 8.42 Å². The van der Waals surface area contributed by atoms with Crippen LogP contribution in [-0.2, 0) is 14.8 Å². The maximum absolute atomic E-state index is 12.9. The Morgan fingerprint density at radius 1 is 1.10 bits per heavy atom. The van der Waals surface area contributed by atoms with E-state index in [1.165, 1.54) is 29.3 Å². The Kier molecular flexibility index (Phi) is 7.90. The van der Waals surface area contributed by atoms with Crippen LogP contribution in [0.4, 0.5) is 0 Å². The van der Waals surface area contributed by atoms with Gasteiger partial charge in [-0.1, -0.05) is 13.3 Å². The Morgan fingerprint density at radius 2 is 1.70 bits per heavy atom. The Balaban J connectivity index is 1.57. The van der Waals surface area contributed by atoms with E-state index in [9.17, 15) is 13.2 Å². The van der Waals surface area contributed by atoms with Gasteiger partial charge in [-0.15, -0.1) is 0 Å². The van der Waals surface area contributed by atoms with Crippen LogP contribution in [0, 0.1) is 0 Å². The second-order valence-electron chi connectivity index (χ2n) is 8.55. The van der Waals surface area contributed by atoms with Gasteiger partial charge in [0.1, 0.15) is 0 Å². The van der Waals surface area contributed by atoms with Crippen molar-refractivity contribution in [3.63, 3.8) is 0 Å². The van der Waals surface area contributed by atoms with Crippen LogP contribution in [0.15, 0.2) is 29.2 Å². The molecule has 2 heterocycles. The molecule has 1 N–H and O–H groups in total. The summed E-state index contributed by atoms with van der Waals surface area (Å²) in [6.45, 7) is 9.79. The van der Waals surface area contributed by atoms with Gasteiger partial charge in [0, 0.05) is 37.8 Å². The average Bonchev–Trinajstić information content (AvgIpc) is 2.72. The fraction of sp³-hybridized carbons (Fsp3) is 0.682. The van der Waals surface area contributed by atoms with Gasteiger partial charge in [0.15, 0.2) is 0 Å². The number of piperidine rings is 1. The zero-order valence-corrected chi connectivity index (χ0v) is 19.2. The molecule has 0 bridgehead atoms. The first-order valence-electron chi connectivity index (χ1n) is 11.1. The minimum Gasteiger partial charge on any atom is -0.373 e. The molecule has 2 aliphatic rings. The number of ether oxygens (including phenoxy) is 1. The second kappa shape index (κ2) is 10.2. The zero-order chi connectivity index (χ0) is 21.7. The highest BCUT2D eigenvalue weighted by molar-refractivity contribution is 7.89. The van der Waals surface area contributed by atoms with Crippen molar-refractivity contribution in [1.82, 2.24) is 14.5 Å². The van der Waals surface area contributed by atoms with Gasteiger partial charge in [-0.2, -0.15) is 4.31 Å².